The molecule has 15 nitrogen and oxygen atoms in total. The van der Waals surface area contributed by atoms with Crippen LogP contribution in [0.1, 0.15) is 34.1 Å². The van der Waals surface area contributed by atoms with Gasteiger partial charge in [0.2, 0.25) is 0 Å². The van der Waals surface area contributed by atoms with Gasteiger partial charge in [0.25, 0.3) is 0 Å². The van der Waals surface area contributed by atoms with Gasteiger partial charge in [0.05, 0.1) is 152 Å². The van der Waals surface area contributed by atoms with Crippen LogP contribution in [0.3, 0.4) is 0 Å². The van der Waals surface area contributed by atoms with Crippen molar-refractivity contribution in [1.82, 2.24) is 0 Å². The molecule has 0 aromatic rings. The summed E-state index contributed by atoms with van der Waals surface area (Å²) in [7, 11) is 0. The molecule has 15 heteroatoms. The lowest BCUT2D eigenvalue weighted by molar-refractivity contribution is -0.160. The van der Waals surface area contributed by atoms with Gasteiger partial charge in [-0.1, -0.05) is 0 Å². The summed E-state index contributed by atoms with van der Waals surface area (Å²) >= 11 is 0. The molecule has 274 valence electrons. The number of hydrogen-bond donors (Lipinski definition) is 0. The lowest BCUT2D eigenvalue weighted by Crippen LogP contribution is -2.27. The van der Waals surface area contributed by atoms with Crippen LogP contribution in [0.4, 0.5) is 0 Å². The zero-order chi connectivity index (χ0) is 33.8. The maximum Gasteiger partial charge on any atom is 0.332 e. The Hall–Kier alpha value is -1.50. The van der Waals surface area contributed by atoms with Crippen molar-refractivity contribution in [3.8, 4) is 0 Å². The SMILES string of the molecule is CCOC(=O)CCOCCOCCOCCOCCOCCOCCOCCOCCOCCOCCOCC(=O)OC(C)(C)C. The normalized spacial score (nSPS) is 11.7. The van der Waals surface area contributed by atoms with E-state index in [-0.39, 0.29) is 25.0 Å². The molecule has 0 N–H and O–H groups in total. The maximum atomic E-state index is 11.5. The highest BCUT2D eigenvalue weighted by Crippen LogP contribution is 2.06. The van der Waals surface area contributed by atoms with Gasteiger partial charge in [-0.2, -0.15) is 0 Å². The van der Waals surface area contributed by atoms with Gasteiger partial charge in [-0.05, 0) is 27.7 Å². The van der Waals surface area contributed by atoms with Gasteiger partial charge < -0.3 is 61.6 Å². The molecule has 0 aliphatic carbocycles. The molecular weight excluding hydrogens is 612 g/mol. The third kappa shape index (κ3) is 38.7. The highest BCUT2D eigenvalue weighted by atomic mass is 16.6. The average Bonchev–Trinajstić information content (AvgIpc) is 3.00. The minimum Gasteiger partial charge on any atom is -0.466 e. The van der Waals surface area contributed by atoms with Gasteiger partial charge in [-0.3, -0.25) is 4.79 Å². The summed E-state index contributed by atoms with van der Waals surface area (Å²) in [5.41, 5.74) is -0.514. The van der Waals surface area contributed by atoms with Crippen LogP contribution in [0.25, 0.3) is 0 Å². The van der Waals surface area contributed by atoms with Crippen molar-refractivity contribution in [1.29, 1.82) is 0 Å². The first-order chi connectivity index (χ1) is 22.3. The molecular formula is C31H60O15. The molecule has 0 heterocycles. The van der Waals surface area contributed by atoms with Gasteiger partial charge in [0.15, 0.2) is 0 Å². The predicted molar refractivity (Wildman–Crippen MR) is 166 cm³/mol. The Morgan fingerprint density at radius 2 is 0.652 bits per heavy atom. The van der Waals surface area contributed by atoms with E-state index < -0.39 is 5.60 Å². The molecule has 0 amide bonds. The summed E-state index contributed by atoms with van der Waals surface area (Å²) in [6.07, 6.45) is 0.252. The van der Waals surface area contributed by atoms with E-state index in [2.05, 4.69) is 0 Å². The molecule has 0 radical (unpaired) electrons. The topological polar surface area (TPSA) is 154 Å². The van der Waals surface area contributed by atoms with Gasteiger partial charge >= 0.3 is 11.9 Å². The van der Waals surface area contributed by atoms with Crippen molar-refractivity contribution in [3.63, 3.8) is 0 Å². The van der Waals surface area contributed by atoms with Crippen LogP contribution in [0.2, 0.25) is 0 Å². The number of carbonyl (C=O) groups is 2. The van der Waals surface area contributed by atoms with E-state index in [9.17, 15) is 9.59 Å². The molecule has 0 atom stereocenters. The first-order valence-electron chi connectivity index (χ1n) is 16.1. The Morgan fingerprint density at radius 3 is 0.913 bits per heavy atom. The molecule has 0 aromatic heterocycles. The zero-order valence-corrected chi connectivity index (χ0v) is 28.6. The van der Waals surface area contributed by atoms with E-state index in [1.165, 1.54) is 0 Å². The minimum atomic E-state index is -0.514. The Balaban J connectivity index is 3.11. The molecule has 0 bridgehead atoms. The first kappa shape index (κ1) is 44.5. The zero-order valence-electron chi connectivity index (χ0n) is 28.6. The molecule has 46 heavy (non-hydrogen) atoms. The van der Waals surface area contributed by atoms with Crippen LogP contribution in [-0.4, -0.2) is 169 Å². The van der Waals surface area contributed by atoms with Gasteiger partial charge in [-0.25, -0.2) is 4.79 Å². The summed E-state index contributed by atoms with van der Waals surface area (Å²) in [5.74, 6) is -0.645. The van der Waals surface area contributed by atoms with E-state index in [1.807, 2.05) is 20.8 Å². The summed E-state index contributed by atoms with van der Waals surface area (Å²) in [5, 5.41) is 0. The van der Waals surface area contributed by atoms with Crippen LogP contribution in [-0.2, 0) is 71.2 Å². The van der Waals surface area contributed by atoms with Crippen molar-refractivity contribution >= 4 is 11.9 Å². The van der Waals surface area contributed by atoms with E-state index >= 15 is 0 Å². The maximum absolute atomic E-state index is 11.5. The fourth-order valence-corrected chi connectivity index (χ4v) is 3.11. The van der Waals surface area contributed by atoms with Crippen LogP contribution in [0.5, 0.6) is 0 Å². The molecule has 0 fully saturated rings. The second-order valence-corrected chi connectivity index (χ2v) is 10.3. The molecule has 0 saturated carbocycles. The highest BCUT2D eigenvalue weighted by molar-refractivity contribution is 5.71. The molecule has 0 saturated heterocycles. The lowest BCUT2D eigenvalue weighted by atomic mass is 10.2. The average molecular weight is 673 g/mol. The van der Waals surface area contributed by atoms with Crippen LogP contribution in [0, 0.1) is 0 Å². The second-order valence-electron chi connectivity index (χ2n) is 10.3. The standard InChI is InChI=1S/C31H60O15/c1-5-45-29(32)6-7-34-8-9-35-10-11-36-12-13-37-14-15-38-16-17-39-18-19-40-20-21-41-22-23-42-24-25-43-26-27-44-28-30(33)46-31(2,3)4/h5-28H2,1-4H3. The summed E-state index contributed by atoms with van der Waals surface area (Å²) in [6.45, 7) is 17.0. The van der Waals surface area contributed by atoms with Crippen molar-refractivity contribution < 1.29 is 71.2 Å². The molecule has 0 rings (SSSR count). The van der Waals surface area contributed by atoms with Gasteiger partial charge in [0.1, 0.15) is 12.2 Å². The van der Waals surface area contributed by atoms with Crippen molar-refractivity contribution in [2.75, 3.05) is 152 Å². The number of rotatable bonds is 36. The molecule has 0 aliphatic heterocycles. The Bertz CT molecular complexity index is 660. The van der Waals surface area contributed by atoms with E-state index in [0.717, 1.165) is 0 Å². The van der Waals surface area contributed by atoms with E-state index in [0.29, 0.717) is 145 Å². The van der Waals surface area contributed by atoms with E-state index in [4.69, 9.17) is 61.6 Å². The Kier molecular flexibility index (Phi) is 33.7. The fraction of sp³-hybridized carbons (Fsp3) is 0.935. The summed E-state index contributed by atoms with van der Waals surface area (Å²) < 4.78 is 69.4. The fourth-order valence-electron chi connectivity index (χ4n) is 3.11. The second kappa shape index (κ2) is 34.8. The van der Waals surface area contributed by atoms with Crippen molar-refractivity contribution in [3.05, 3.63) is 0 Å². The molecule has 0 unspecified atom stereocenters. The summed E-state index contributed by atoms with van der Waals surface area (Å²) in [4.78, 5) is 22.6. The monoisotopic (exact) mass is 672 g/mol. The van der Waals surface area contributed by atoms with Crippen LogP contribution >= 0.6 is 0 Å². The first-order valence-corrected chi connectivity index (χ1v) is 16.1. The smallest absolute Gasteiger partial charge is 0.332 e. The predicted octanol–water partition coefficient (Wildman–Crippen LogP) is 1.46. The van der Waals surface area contributed by atoms with E-state index in [1.54, 1.807) is 6.92 Å². The molecule has 0 aromatic carbocycles. The summed E-state index contributed by atoms with van der Waals surface area (Å²) in [6, 6.07) is 0. The Labute approximate surface area is 274 Å². The number of hydrogen-bond acceptors (Lipinski definition) is 15. The largest absolute Gasteiger partial charge is 0.466 e. The van der Waals surface area contributed by atoms with Crippen LogP contribution < -0.4 is 0 Å². The van der Waals surface area contributed by atoms with Crippen molar-refractivity contribution in [2.45, 2.75) is 39.7 Å². The van der Waals surface area contributed by atoms with Crippen molar-refractivity contribution in [2.24, 2.45) is 0 Å². The quantitative estimate of drug-likeness (QED) is 0.0696. The highest BCUT2D eigenvalue weighted by Gasteiger charge is 2.15. The number of ether oxygens (including phenoxy) is 13. The minimum absolute atomic E-state index is 0.0866. The third-order valence-electron chi connectivity index (χ3n) is 5.12. The Morgan fingerprint density at radius 1 is 0.391 bits per heavy atom. The third-order valence-corrected chi connectivity index (χ3v) is 5.12. The number of esters is 2. The number of carbonyl (C=O) groups excluding carboxylic acids is 2. The molecule has 0 spiro atoms. The van der Waals surface area contributed by atoms with Gasteiger partial charge in [-0.15, -0.1) is 0 Å². The van der Waals surface area contributed by atoms with Gasteiger partial charge in [0, 0.05) is 0 Å². The molecule has 0 aliphatic rings. The van der Waals surface area contributed by atoms with Crippen LogP contribution in [0.15, 0.2) is 0 Å². The lowest BCUT2D eigenvalue weighted by Gasteiger charge is -2.19.